The van der Waals surface area contributed by atoms with Gasteiger partial charge in [0.05, 0.1) is 62.0 Å². The van der Waals surface area contributed by atoms with Crippen LogP contribution < -0.4 is 0 Å². The molecule has 0 saturated carbocycles. The molecular formula is C54H32N6. The molecule has 0 aliphatic carbocycles. The second-order valence-electron chi connectivity index (χ2n) is 14.8. The number of aromatic nitrogens is 4. The van der Waals surface area contributed by atoms with Gasteiger partial charge in [-0.05, 0) is 77.9 Å². The minimum atomic E-state index is 0.518. The molecule has 3 heterocycles. The van der Waals surface area contributed by atoms with Crippen molar-refractivity contribution >= 4 is 43.6 Å². The molecule has 11 aromatic rings. The quantitative estimate of drug-likeness (QED) is 0.169. The molecule has 0 atom stereocenters. The number of hydrogen-bond donors (Lipinski definition) is 0. The smallest absolute Gasteiger partial charge is 0.162 e. The van der Waals surface area contributed by atoms with Gasteiger partial charge in [-0.2, -0.15) is 10.5 Å². The summed E-state index contributed by atoms with van der Waals surface area (Å²) in [5.74, 6) is 0.525. The minimum Gasteiger partial charge on any atom is -0.308 e. The predicted molar refractivity (Wildman–Crippen MR) is 242 cm³/mol. The lowest BCUT2D eigenvalue weighted by Gasteiger charge is -2.15. The third-order valence-electron chi connectivity index (χ3n) is 11.4. The highest BCUT2D eigenvalue weighted by molar-refractivity contribution is 6.11. The summed E-state index contributed by atoms with van der Waals surface area (Å²) >= 11 is 0. The van der Waals surface area contributed by atoms with Crippen LogP contribution in [0.3, 0.4) is 0 Å². The van der Waals surface area contributed by atoms with Crippen molar-refractivity contribution in [2.75, 3.05) is 0 Å². The van der Waals surface area contributed by atoms with E-state index in [1.54, 1.807) is 0 Å². The molecule has 0 spiro atoms. The van der Waals surface area contributed by atoms with Crippen LogP contribution >= 0.6 is 0 Å². The van der Waals surface area contributed by atoms with Gasteiger partial charge >= 0.3 is 0 Å². The van der Waals surface area contributed by atoms with Gasteiger partial charge in [-0.15, -0.1) is 0 Å². The third-order valence-corrected chi connectivity index (χ3v) is 11.4. The second-order valence-corrected chi connectivity index (χ2v) is 14.8. The average Bonchev–Trinajstić information content (AvgIpc) is 3.84. The van der Waals surface area contributed by atoms with Crippen LogP contribution in [0.15, 0.2) is 194 Å². The van der Waals surface area contributed by atoms with Crippen molar-refractivity contribution in [1.29, 1.82) is 10.5 Å². The van der Waals surface area contributed by atoms with Crippen molar-refractivity contribution in [3.8, 4) is 68.5 Å². The Hall–Kier alpha value is -8.58. The lowest BCUT2D eigenvalue weighted by molar-refractivity contribution is 1.14. The second kappa shape index (κ2) is 14.1. The molecule has 8 aromatic carbocycles. The molecule has 0 fully saturated rings. The van der Waals surface area contributed by atoms with Crippen LogP contribution in [-0.2, 0) is 0 Å². The van der Waals surface area contributed by atoms with E-state index < -0.39 is 0 Å². The summed E-state index contributed by atoms with van der Waals surface area (Å²) in [4.78, 5) is 10.3. The van der Waals surface area contributed by atoms with Gasteiger partial charge in [0, 0.05) is 38.2 Å². The molecule has 3 aromatic heterocycles. The standard InChI is InChI=1S/C54H32N6/c55-33-35-23-26-53(45(29-35)54-57-46(36-13-3-1-4-14-36)32-47(58-54)37-15-5-2-6-16-37)60-51-22-12-9-19-43(51)44-31-39(25-28-52(44)60)38-24-27-48(40(30-38)34-56)59-49-20-10-7-17-41(49)42-18-8-11-21-50(42)59/h1-32H. The van der Waals surface area contributed by atoms with Crippen LogP contribution in [-0.4, -0.2) is 19.1 Å². The van der Waals surface area contributed by atoms with E-state index >= 15 is 0 Å². The van der Waals surface area contributed by atoms with Crippen LogP contribution in [0.4, 0.5) is 0 Å². The zero-order chi connectivity index (χ0) is 40.2. The predicted octanol–water partition coefficient (Wildman–Crippen LogP) is 13.1. The molecule has 6 heteroatoms. The highest BCUT2D eigenvalue weighted by Gasteiger charge is 2.21. The first-order valence-corrected chi connectivity index (χ1v) is 19.8. The van der Waals surface area contributed by atoms with Gasteiger partial charge in [-0.3, -0.25) is 0 Å². The van der Waals surface area contributed by atoms with Gasteiger partial charge < -0.3 is 9.13 Å². The van der Waals surface area contributed by atoms with Gasteiger partial charge in [0.15, 0.2) is 5.82 Å². The van der Waals surface area contributed by atoms with E-state index in [0.29, 0.717) is 17.0 Å². The van der Waals surface area contributed by atoms with Crippen molar-refractivity contribution < 1.29 is 0 Å². The third kappa shape index (κ3) is 5.63. The molecule has 0 saturated heterocycles. The Kier molecular flexibility index (Phi) is 8.15. The fourth-order valence-electron chi connectivity index (χ4n) is 8.66. The van der Waals surface area contributed by atoms with E-state index in [1.165, 1.54) is 0 Å². The lowest BCUT2D eigenvalue weighted by Crippen LogP contribution is -2.02. The summed E-state index contributed by atoms with van der Waals surface area (Å²) in [6.45, 7) is 0. The Morgan fingerprint density at radius 3 is 1.43 bits per heavy atom. The Bertz CT molecular complexity index is 3450. The summed E-state index contributed by atoms with van der Waals surface area (Å²) < 4.78 is 4.44. The normalized spacial score (nSPS) is 11.3. The molecule has 0 aliphatic heterocycles. The summed E-state index contributed by atoms with van der Waals surface area (Å²) in [7, 11) is 0. The fourth-order valence-corrected chi connectivity index (χ4v) is 8.66. The zero-order valence-corrected chi connectivity index (χ0v) is 32.2. The molecule has 278 valence electrons. The van der Waals surface area contributed by atoms with E-state index in [9.17, 15) is 10.5 Å². The van der Waals surface area contributed by atoms with Crippen LogP contribution in [0.2, 0.25) is 0 Å². The average molecular weight is 765 g/mol. The van der Waals surface area contributed by atoms with Gasteiger partial charge in [-0.1, -0.05) is 127 Å². The fraction of sp³-hybridized carbons (Fsp3) is 0. The maximum Gasteiger partial charge on any atom is 0.162 e. The minimum absolute atomic E-state index is 0.518. The molecule has 0 aliphatic rings. The highest BCUT2D eigenvalue weighted by Crippen LogP contribution is 2.40. The largest absolute Gasteiger partial charge is 0.308 e. The summed E-state index contributed by atoms with van der Waals surface area (Å²) in [5, 5.41) is 25.2. The van der Waals surface area contributed by atoms with Crippen LogP contribution in [0.1, 0.15) is 11.1 Å². The van der Waals surface area contributed by atoms with Crippen LogP contribution in [0.25, 0.3) is 100 Å². The van der Waals surface area contributed by atoms with E-state index in [-0.39, 0.29) is 0 Å². The molecular weight excluding hydrogens is 733 g/mol. The van der Waals surface area contributed by atoms with Gasteiger partial charge in [0.25, 0.3) is 0 Å². The van der Waals surface area contributed by atoms with Crippen LogP contribution in [0.5, 0.6) is 0 Å². The molecule has 60 heavy (non-hydrogen) atoms. The van der Waals surface area contributed by atoms with E-state index in [2.05, 4.69) is 137 Å². The van der Waals surface area contributed by atoms with Crippen molar-refractivity contribution in [2.45, 2.75) is 0 Å². The molecule has 0 amide bonds. The molecule has 0 bridgehead atoms. The van der Waals surface area contributed by atoms with Crippen molar-refractivity contribution in [3.05, 3.63) is 205 Å². The summed E-state index contributed by atoms with van der Waals surface area (Å²) in [6, 6.07) is 70.6. The number of benzene rings is 8. The number of nitrogens with zero attached hydrogens (tertiary/aromatic N) is 6. The summed E-state index contributed by atoms with van der Waals surface area (Å²) in [6.07, 6.45) is 0. The number of fused-ring (bicyclic) bond motifs is 6. The first-order valence-electron chi connectivity index (χ1n) is 19.8. The van der Waals surface area contributed by atoms with Crippen molar-refractivity contribution in [1.82, 2.24) is 19.1 Å². The molecule has 0 N–H and O–H groups in total. The molecule has 0 radical (unpaired) electrons. The topological polar surface area (TPSA) is 83.2 Å². The van der Waals surface area contributed by atoms with Gasteiger partial charge in [-0.25, -0.2) is 9.97 Å². The van der Waals surface area contributed by atoms with Crippen LogP contribution in [0, 0.1) is 22.7 Å². The Balaban J connectivity index is 1.09. The zero-order valence-electron chi connectivity index (χ0n) is 32.2. The first kappa shape index (κ1) is 34.7. The number of hydrogen-bond acceptors (Lipinski definition) is 4. The molecule has 6 nitrogen and oxygen atoms in total. The van der Waals surface area contributed by atoms with Gasteiger partial charge in [0.2, 0.25) is 0 Å². The Morgan fingerprint density at radius 1 is 0.367 bits per heavy atom. The first-order chi connectivity index (χ1) is 29.7. The highest BCUT2D eigenvalue weighted by atomic mass is 15.0. The molecule has 0 unspecified atom stereocenters. The summed E-state index contributed by atoms with van der Waals surface area (Å²) in [5.41, 5.74) is 13.2. The monoisotopic (exact) mass is 764 g/mol. The van der Waals surface area contributed by atoms with Crippen molar-refractivity contribution in [3.63, 3.8) is 0 Å². The molecule has 11 rings (SSSR count). The maximum absolute atomic E-state index is 10.6. The van der Waals surface area contributed by atoms with Gasteiger partial charge in [0.1, 0.15) is 6.07 Å². The van der Waals surface area contributed by atoms with E-state index in [4.69, 9.17) is 9.97 Å². The number of rotatable bonds is 6. The maximum atomic E-state index is 10.6. The van der Waals surface area contributed by atoms with Crippen molar-refractivity contribution in [2.24, 2.45) is 0 Å². The van der Waals surface area contributed by atoms with E-state index in [0.717, 1.165) is 94.2 Å². The Morgan fingerprint density at radius 2 is 0.850 bits per heavy atom. The lowest BCUT2D eigenvalue weighted by atomic mass is 10.00. The SMILES string of the molecule is N#Cc1ccc(-n2c3ccccc3c3cc(-c4ccc(-n5c6ccccc6c6ccccc65)c(C#N)c4)ccc32)c(-c2nc(-c3ccccc3)cc(-c3ccccc3)n2)c1. The van der Waals surface area contributed by atoms with E-state index in [1.807, 2.05) is 78.9 Å². The Labute approximate surface area is 345 Å². The number of nitriles is 2. The number of para-hydroxylation sites is 3.